The van der Waals surface area contributed by atoms with E-state index in [4.69, 9.17) is 9.47 Å². The van der Waals surface area contributed by atoms with E-state index in [2.05, 4.69) is 21.2 Å². The third-order valence-corrected chi connectivity index (χ3v) is 6.41. The van der Waals surface area contributed by atoms with Crippen molar-refractivity contribution in [3.8, 4) is 5.75 Å². The SMILES string of the molecule is COC(=O)c1c(NC(=O)COc2ccc(Br)c(C)c2)sc2c1CCCC2. The van der Waals surface area contributed by atoms with E-state index in [0.29, 0.717) is 16.3 Å². The van der Waals surface area contributed by atoms with Gasteiger partial charge in [0.05, 0.1) is 12.7 Å². The minimum Gasteiger partial charge on any atom is -0.484 e. The van der Waals surface area contributed by atoms with Crippen LogP contribution in [0.2, 0.25) is 0 Å². The third kappa shape index (κ3) is 4.10. The lowest BCUT2D eigenvalue weighted by molar-refractivity contribution is -0.118. The lowest BCUT2D eigenvalue weighted by atomic mass is 9.95. The van der Waals surface area contributed by atoms with Crippen molar-refractivity contribution in [1.82, 2.24) is 0 Å². The second-order valence-corrected chi connectivity index (χ2v) is 8.11. The number of aryl methyl sites for hydroxylation is 2. The monoisotopic (exact) mass is 437 g/mol. The summed E-state index contributed by atoms with van der Waals surface area (Å²) >= 11 is 4.90. The van der Waals surface area contributed by atoms with Gasteiger partial charge in [-0.25, -0.2) is 4.79 Å². The first-order chi connectivity index (χ1) is 12.5. The Bertz CT molecular complexity index is 846. The van der Waals surface area contributed by atoms with Crippen LogP contribution in [0, 0.1) is 6.92 Å². The van der Waals surface area contributed by atoms with Crippen LogP contribution < -0.4 is 10.1 Å². The summed E-state index contributed by atoms with van der Waals surface area (Å²) < 4.78 is 11.5. The minimum absolute atomic E-state index is 0.121. The van der Waals surface area contributed by atoms with Crippen LogP contribution >= 0.6 is 27.3 Å². The van der Waals surface area contributed by atoms with Gasteiger partial charge in [0, 0.05) is 9.35 Å². The van der Waals surface area contributed by atoms with Crippen molar-refractivity contribution in [2.24, 2.45) is 0 Å². The second kappa shape index (κ2) is 8.22. The first-order valence-corrected chi connectivity index (χ1v) is 10.0. The van der Waals surface area contributed by atoms with Gasteiger partial charge in [-0.15, -0.1) is 11.3 Å². The predicted molar refractivity (Wildman–Crippen MR) is 105 cm³/mol. The average Bonchev–Trinajstić information content (AvgIpc) is 2.99. The van der Waals surface area contributed by atoms with Gasteiger partial charge in [-0.2, -0.15) is 0 Å². The summed E-state index contributed by atoms with van der Waals surface area (Å²) in [6, 6.07) is 5.54. The third-order valence-electron chi connectivity index (χ3n) is 4.31. The van der Waals surface area contributed by atoms with Crippen molar-refractivity contribution in [2.45, 2.75) is 32.6 Å². The van der Waals surface area contributed by atoms with Crippen LogP contribution in [0.15, 0.2) is 22.7 Å². The zero-order valence-electron chi connectivity index (χ0n) is 14.7. The number of amides is 1. The summed E-state index contributed by atoms with van der Waals surface area (Å²) in [6.45, 7) is 1.83. The van der Waals surface area contributed by atoms with Gasteiger partial charge < -0.3 is 14.8 Å². The summed E-state index contributed by atoms with van der Waals surface area (Å²) in [6.07, 6.45) is 3.94. The number of fused-ring (bicyclic) bond motifs is 1. The van der Waals surface area contributed by atoms with E-state index in [1.165, 1.54) is 18.4 Å². The van der Waals surface area contributed by atoms with Gasteiger partial charge >= 0.3 is 5.97 Å². The minimum atomic E-state index is -0.399. The van der Waals surface area contributed by atoms with Crippen LogP contribution in [-0.4, -0.2) is 25.6 Å². The molecule has 1 aromatic carbocycles. The number of thiophene rings is 1. The number of halogens is 1. The first kappa shape index (κ1) is 18.9. The van der Waals surface area contributed by atoms with Gasteiger partial charge in [0.1, 0.15) is 10.8 Å². The largest absolute Gasteiger partial charge is 0.484 e. The Hall–Kier alpha value is -1.86. The molecule has 0 unspecified atom stereocenters. The molecule has 1 amide bonds. The Morgan fingerprint density at radius 3 is 2.77 bits per heavy atom. The van der Waals surface area contributed by atoms with Gasteiger partial charge in [0.15, 0.2) is 6.61 Å². The van der Waals surface area contributed by atoms with E-state index in [1.807, 2.05) is 19.1 Å². The van der Waals surface area contributed by atoms with Gasteiger partial charge in [-0.05, 0) is 61.9 Å². The molecule has 5 nitrogen and oxygen atoms in total. The number of rotatable bonds is 5. The smallest absolute Gasteiger partial charge is 0.341 e. The Morgan fingerprint density at radius 1 is 1.27 bits per heavy atom. The van der Waals surface area contributed by atoms with E-state index in [-0.39, 0.29) is 12.5 Å². The van der Waals surface area contributed by atoms with Crippen molar-refractivity contribution < 1.29 is 19.1 Å². The summed E-state index contributed by atoms with van der Waals surface area (Å²) in [7, 11) is 1.36. The molecule has 0 fully saturated rings. The number of hydrogen-bond donors (Lipinski definition) is 1. The van der Waals surface area contributed by atoms with E-state index in [0.717, 1.165) is 46.2 Å². The summed E-state index contributed by atoms with van der Waals surface area (Å²) in [5.41, 5.74) is 2.55. The molecular weight excluding hydrogens is 418 g/mol. The Labute approximate surface area is 164 Å². The van der Waals surface area contributed by atoms with E-state index < -0.39 is 5.97 Å². The van der Waals surface area contributed by atoms with Crippen LogP contribution in [0.4, 0.5) is 5.00 Å². The summed E-state index contributed by atoms with van der Waals surface area (Å²) in [5, 5.41) is 3.38. The van der Waals surface area contributed by atoms with E-state index >= 15 is 0 Å². The van der Waals surface area contributed by atoms with Crippen LogP contribution in [0.3, 0.4) is 0 Å². The Kier molecular flexibility index (Phi) is 5.98. The summed E-state index contributed by atoms with van der Waals surface area (Å²) in [5.74, 6) is -0.0713. The molecule has 1 N–H and O–H groups in total. The van der Waals surface area contributed by atoms with E-state index in [9.17, 15) is 9.59 Å². The highest BCUT2D eigenvalue weighted by atomic mass is 79.9. The topological polar surface area (TPSA) is 64.6 Å². The van der Waals surface area contributed by atoms with E-state index in [1.54, 1.807) is 6.07 Å². The molecule has 1 heterocycles. The number of esters is 1. The number of benzene rings is 1. The standard InChI is InChI=1S/C19H20BrNO4S/c1-11-9-12(7-8-14(11)20)25-10-16(22)21-18-17(19(23)24-2)13-5-3-4-6-15(13)26-18/h7-9H,3-6,10H2,1-2H3,(H,21,22). The molecule has 1 aliphatic rings. The number of ether oxygens (including phenoxy) is 2. The van der Waals surface area contributed by atoms with Crippen LogP contribution in [0.25, 0.3) is 0 Å². The lowest BCUT2D eigenvalue weighted by Crippen LogP contribution is -2.21. The number of nitrogens with one attached hydrogen (secondary N) is 1. The van der Waals surface area contributed by atoms with Gasteiger partial charge in [-0.1, -0.05) is 15.9 Å². The molecule has 0 bridgehead atoms. The molecule has 0 saturated carbocycles. The van der Waals surface area contributed by atoms with Crippen molar-refractivity contribution in [2.75, 3.05) is 19.0 Å². The average molecular weight is 438 g/mol. The van der Waals surface area contributed by atoms with Gasteiger partial charge in [0.2, 0.25) is 0 Å². The molecule has 2 aromatic rings. The molecular formula is C19H20BrNO4S. The molecule has 1 aromatic heterocycles. The number of carbonyl (C=O) groups excluding carboxylic acids is 2. The molecule has 26 heavy (non-hydrogen) atoms. The molecule has 0 spiro atoms. The molecule has 0 radical (unpaired) electrons. The molecule has 0 atom stereocenters. The van der Waals surface area contributed by atoms with Crippen molar-refractivity contribution in [3.05, 3.63) is 44.2 Å². The maximum atomic E-state index is 12.3. The maximum absolute atomic E-state index is 12.3. The molecule has 3 rings (SSSR count). The fourth-order valence-corrected chi connectivity index (χ4v) is 4.53. The fraction of sp³-hybridized carbons (Fsp3) is 0.368. The Morgan fingerprint density at radius 2 is 2.04 bits per heavy atom. The molecule has 7 heteroatoms. The highest BCUT2D eigenvalue weighted by Gasteiger charge is 2.26. The summed E-state index contributed by atoms with van der Waals surface area (Å²) in [4.78, 5) is 25.7. The normalized spacial score (nSPS) is 13.0. The van der Waals surface area contributed by atoms with Crippen LogP contribution in [0.5, 0.6) is 5.75 Å². The zero-order chi connectivity index (χ0) is 18.7. The molecule has 138 valence electrons. The van der Waals surface area contributed by atoms with Crippen LogP contribution in [0.1, 0.15) is 39.2 Å². The second-order valence-electron chi connectivity index (χ2n) is 6.15. The highest BCUT2D eigenvalue weighted by Crippen LogP contribution is 2.38. The highest BCUT2D eigenvalue weighted by molar-refractivity contribution is 9.10. The molecule has 0 saturated heterocycles. The number of anilines is 1. The number of carbonyl (C=O) groups is 2. The molecule has 0 aliphatic heterocycles. The Balaban J connectivity index is 1.71. The van der Waals surface area contributed by atoms with Crippen molar-refractivity contribution >= 4 is 44.1 Å². The first-order valence-electron chi connectivity index (χ1n) is 8.41. The fourth-order valence-electron chi connectivity index (χ4n) is 2.99. The predicted octanol–water partition coefficient (Wildman–Crippen LogP) is 4.50. The molecule has 1 aliphatic carbocycles. The number of methoxy groups -OCH3 is 1. The number of hydrogen-bond acceptors (Lipinski definition) is 5. The van der Waals surface area contributed by atoms with Crippen molar-refractivity contribution in [3.63, 3.8) is 0 Å². The quantitative estimate of drug-likeness (QED) is 0.699. The maximum Gasteiger partial charge on any atom is 0.341 e. The van der Waals surface area contributed by atoms with Crippen molar-refractivity contribution in [1.29, 1.82) is 0 Å². The van der Waals surface area contributed by atoms with Gasteiger partial charge in [-0.3, -0.25) is 4.79 Å². The lowest BCUT2D eigenvalue weighted by Gasteiger charge is -2.12. The van der Waals surface area contributed by atoms with Crippen LogP contribution in [-0.2, 0) is 22.4 Å². The zero-order valence-corrected chi connectivity index (χ0v) is 17.1. The van der Waals surface area contributed by atoms with Gasteiger partial charge in [0.25, 0.3) is 5.91 Å².